The van der Waals surface area contributed by atoms with Crippen molar-refractivity contribution in [2.75, 3.05) is 50.1 Å². The molecule has 6 nitrogen and oxygen atoms in total. The summed E-state index contributed by atoms with van der Waals surface area (Å²) >= 11 is 1.42. The number of benzene rings is 2. The molecule has 28 heavy (non-hydrogen) atoms. The number of aromatic nitrogens is 1. The van der Waals surface area contributed by atoms with Crippen molar-refractivity contribution in [3.05, 3.63) is 48.3 Å². The molecule has 0 atom stereocenters. The average molecular weight is 400 g/mol. The van der Waals surface area contributed by atoms with Crippen LogP contribution in [0.5, 0.6) is 5.75 Å². The van der Waals surface area contributed by atoms with Gasteiger partial charge in [0, 0.05) is 26.2 Å². The fourth-order valence-corrected chi connectivity index (χ4v) is 4.21. The summed E-state index contributed by atoms with van der Waals surface area (Å²) in [5.74, 6) is 0.466. The van der Waals surface area contributed by atoms with Gasteiger partial charge in [-0.25, -0.2) is 9.37 Å². The highest BCUT2D eigenvalue weighted by atomic mass is 32.1. The zero-order valence-electron chi connectivity index (χ0n) is 15.5. The summed E-state index contributed by atoms with van der Waals surface area (Å²) in [6.45, 7) is 3.09. The Bertz CT molecular complexity index is 985. The molecule has 1 saturated heterocycles. The van der Waals surface area contributed by atoms with Crippen LogP contribution in [-0.2, 0) is 4.79 Å². The SMILES string of the molecule is COc1ccc2nc(NC(=O)CN3CCN(c4ccccc4F)CC3)sc2c1. The van der Waals surface area contributed by atoms with Crippen molar-refractivity contribution >= 4 is 38.3 Å². The summed E-state index contributed by atoms with van der Waals surface area (Å²) in [6.07, 6.45) is 0. The standard InChI is InChI=1S/C20H21FN4O2S/c1-27-14-6-7-16-18(12-14)28-20(22-16)23-19(26)13-24-8-10-25(11-9-24)17-5-3-2-4-15(17)21/h2-7,12H,8-11,13H2,1H3,(H,22,23,26). The third-order valence-electron chi connectivity index (χ3n) is 4.77. The van der Waals surface area contributed by atoms with Crippen molar-refractivity contribution in [1.82, 2.24) is 9.88 Å². The number of hydrogen-bond acceptors (Lipinski definition) is 6. The Morgan fingerprint density at radius 1 is 1.21 bits per heavy atom. The first kappa shape index (κ1) is 18.6. The van der Waals surface area contributed by atoms with Gasteiger partial charge >= 0.3 is 0 Å². The molecule has 2 heterocycles. The molecule has 4 rings (SSSR count). The van der Waals surface area contributed by atoms with Gasteiger partial charge in [-0.15, -0.1) is 0 Å². The number of methoxy groups -OCH3 is 1. The predicted octanol–water partition coefficient (Wildman–Crippen LogP) is 3.20. The van der Waals surface area contributed by atoms with Crippen molar-refractivity contribution in [3.63, 3.8) is 0 Å². The Balaban J connectivity index is 1.32. The number of nitrogens with one attached hydrogen (secondary N) is 1. The second-order valence-corrected chi connectivity index (χ2v) is 7.65. The molecular weight excluding hydrogens is 379 g/mol. The number of anilines is 2. The minimum Gasteiger partial charge on any atom is -0.497 e. The average Bonchev–Trinajstić information content (AvgIpc) is 3.10. The highest BCUT2D eigenvalue weighted by Gasteiger charge is 2.21. The van der Waals surface area contributed by atoms with E-state index in [1.807, 2.05) is 29.2 Å². The molecule has 1 aromatic heterocycles. The third-order valence-corrected chi connectivity index (χ3v) is 5.71. The first-order chi connectivity index (χ1) is 13.6. The van der Waals surface area contributed by atoms with Gasteiger partial charge in [-0.2, -0.15) is 0 Å². The number of amides is 1. The van der Waals surface area contributed by atoms with E-state index in [-0.39, 0.29) is 11.7 Å². The van der Waals surface area contributed by atoms with Gasteiger partial charge in [-0.1, -0.05) is 23.5 Å². The molecule has 0 aliphatic carbocycles. The van der Waals surface area contributed by atoms with Crippen LogP contribution in [0.3, 0.4) is 0 Å². The van der Waals surface area contributed by atoms with Crippen molar-refractivity contribution in [2.45, 2.75) is 0 Å². The highest BCUT2D eigenvalue weighted by Crippen LogP contribution is 2.29. The molecule has 0 radical (unpaired) electrons. The fraction of sp³-hybridized carbons (Fsp3) is 0.300. The number of nitrogens with zero attached hydrogens (tertiary/aromatic N) is 3. The van der Waals surface area contributed by atoms with E-state index in [2.05, 4.69) is 15.2 Å². The third kappa shape index (κ3) is 4.07. The Hall–Kier alpha value is -2.71. The van der Waals surface area contributed by atoms with E-state index in [1.165, 1.54) is 17.4 Å². The number of thiazole rings is 1. The van der Waals surface area contributed by atoms with Gasteiger partial charge < -0.3 is 15.0 Å². The zero-order valence-corrected chi connectivity index (χ0v) is 16.3. The maximum absolute atomic E-state index is 13.9. The fourth-order valence-electron chi connectivity index (χ4n) is 3.30. The molecule has 0 spiro atoms. The topological polar surface area (TPSA) is 57.7 Å². The van der Waals surface area contributed by atoms with E-state index < -0.39 is 0 Å². The maximum atomic E-state index is 13.9. The van der Waals surface area contributed by atoms with Gasteiger partial charge in [0.25, 0.3) is 0 Å². The molecule has 1 N–H and O–H groups in total. The molecule has 3 aromatic rings. The maximum Gasteiger partial charge on any atom is 0.240 e. The van der Waals surface area contributed by atoms with E-state index >= 15 is 0 Å². The summed E-state index contributed by atoms with van der Waals surface area (Å²) in [6, 6.07) is 12.4. The largest absolute Gasteiger partial charge is 0.497 e. The first-order valence-electron chi connectivity index (χ1n) is 9.08. The molecule has 1 fully saturated rings. The molecule has 146 valence electrons. The lowest BCUT2D eigenvalue weighted by Crippen LogP contribution is -2.48. The Kier molecular flexibility index (Phi) is 5.40. The number of rotatable bonds is 5. The normalized spacial score (nSPS) is 15.0. The second-order valence-electron chi connectivity index (χ2n) is 6.62. The van der Waals surface area contributed by atoms with E-state index in [0.717, 1.165) is 16.0 Å². The number of ether oxygens (including phenoxy) is 1. The van der Waals surface area contributed by atoms with Crippen LogP contribution in [0.15, 0.2) is 42.5 Å². The van der Waals surface area contributed by atoms with Crippen molar-refractivity contribution in [3.8, 4) is 5.75 Å². The molecule has 2 aromatic carbocycles. The Morgan fingerprint density at radius 2 is 2.00 bits per heavy atom. The van der Waals surface area contributed by atoms with E-state index in [1.54, 1.807) is 19.2 Å². The van der Waals surface area contributed by atoms with E-state index in [4.69, 9.17) is 4.74 Å². The molecule has 0 unspecified atom stereocenters. The summed E-state index contributed by atoms with van der Waals surface area (Å²) in [5, 5.41) is 3.46. The van der Waals surface area contributed by atoms with Crippen LogP contribution in [0.25, 0.3) is 10.2 Å². The molecule has 1 aliphatic heterocycles. The predicted molar refractivity (Wildman–Crippen MR) is 110 cm³/mol. The lowest BCUT2D eigenvalue weighted by atomic mass is 10.2. The zero-order chi connectivity index (χ0) is 19.5. The van der Waals surface area contributed by atoms with E-state index in [9.17, 15) is 9.18 Å². The van der Waals surface area contributed by atoms with Crippen LogP contribution in [0, 0.1) is 5.82 Å². The monoisotopic (exact) mass is 400 g/mol. The number of halogens is 1. The quantitative estimate of drug-likeness (QED) is 0.713. The van der Waals surface area contributed by atoms with Crippen LogP contribution in [0.2, 0.25) is 0 Å². The van der Waals surface area contributed by atoms with Gasteiger partial charge in [0.2, 0.25) is 5.91 Å². The van der Waals surface area contributed by atoms with Crippen LogP contribution in [0.4, 0.5) is 15.2 Å². The first-order valence-corrected chi connectivity index (χ1v) is 9.90. The van der Waals surface area contributed by atoms with Gasteiger partial charge in [-0.05, 0) is 30.3 Å². The van der Waals surface area contributed by atoms with Crippen LogP contribution in [-0.4, -0.2) is 55.6 Å². The molecule has 1 aliphatic rings. The molecular formula is C20H21FN4O2S. The number of hydrogen-bond donors (Lipinski definition) is 1. The summed E-state index contributed by atoms with van der Waals surface area (Å²) in [7, 11) is 1.62. The number of carbonyl (C=O) groups excluding carboxylic acids is 1. The Morgan fingerprint density at radius 3 is 2.75 bits per heavy atom. The number of para-hydroxylation sites is 1. The smallest absolute Gasteiger partial charge is 0.240 e. The lowest BCUT2D eigenvalue weighted by Gasteiger charge is -2.35. The van der Waals surface area contributed by atoms with Gasteiger partial charge in [-0.3, -0.25) is 9.69 Å². The molecule has 1 amide bonds. The number of piperazine rings is 1. The van der Waals surface area contributed by atoms with Gasteiger partial charge in [0.1, 0.15) is 11.6 Å². The lowest BCUT2D eigenvalue weighted by molar-refractivity contribution is -0.117. The van der Waals surface area contributed by atoms with Crippen molar-refractivity contribution in [2.24, 2.45) is 0 Å². The van der Waals surface area contributed by atoms with Crippen molar-refractivity contribution < 1.29 is 13.9 Å². The minimum atomic E-state index is -0.207. The summed E-state index contributed by atoms with van der Waals surface area (Å²) < 4.78 is 20.1. The number of fused-ring (bicyclic) bond motifs is 1. The molecule has 0 bridgehead atoms. The van der Waals surface area contributed by atoms with Crippen LogP contribution >= 0.6 is 11.3 Å². The summed E-state index contributed by atoms with van der Waals surface area (Å²) in [5.41, 5.74) is 1.45. The highest BCUT2D eigenvalue weighted by molar-refractivity contribution is 7.22. The second kappa shape index (κ2) is 8.12. The minimum absolute atomic E-state index is 0.0923. The van der Waals surface area contributed by atoms with Crippen molar-refractivity contribution in [1.29, 1.82) is 0 Å². The Labute approximate surface area is 166 Å². The summed E-state index contributed by atoms with van der Waals surface area (Å²) in [4.78, 5) is 20.9. The van der Waals surface area contributed by atoms with Crippen LogP contribution < -0.4 is 15.0 Å². The van der Waals surface area contributed by atoms with Crippen LogP contribution in [0.1, 0.15) is 0 Å². The molecule has 0 saturated carbocycles. The van der Waals surface area contributed by atoms with Gasteiger partial charge in [0.15, 0.2) is 5.13 Å². The van der Waals surface area contributed by atoms with Gasteiger partial charge in [0.05, 0.1) is 29.6 Å². The molecule has 8 heteroatoms. The van der Waals surface area contributed by atoms with E-state index in [0.29, 0.717) is 43.5 Å². The number of carbonyl (C=O) groups is 1.